The van der Waals surface area contributed by atoms with Crippen LogP contribution >= 0.6 is 0 Å². The van der Waals surface area contributed by atoms with Crippen molar-refractivity contribution in [2.75, 3.05) is 12.4 Å². The maximum absolute atomic E-state index is 12.6. The third kappa shape index (κ3) is 4.43. The molecule has 8 heteroatoms. The molecule has 1 aromatic carbocycles. The van der Waals surface area contributed by atoms with E-state index in [4.69, 9.17) is 13.9 Å². The van der Waals surface area contributed by atoms with Gasteiger partial charge in [-0.25, -0.2) is 4.79 Å². The summed E-state index contributed by atoms with van der Waals surface area (Å²) in [7, 11) is 2.92. The fourth-order valence-electron chi connectivity index (χ4n) is 2.87. The number of esters is 1. The minimum Gasteiger partial charge on any atom is -0.485 e. The molecule has 0 unspecified atom stereocenters. The molecule has 0 saturated carbocycles. The number of rotatable bonds is 8. The standard InChI is InChI=1S/C22H23N3O5/c1-5-8-15-9-6-7-10-17(15)29-13-16-11-12-18(30-16)21(26)23-19-14(2)25(3)24-20(19)22(27)28-4/h5-7,9-12H,1,8,13H2,2-4H3,(H,23,26). The summed E-state index contributed by atoms with van der Waals surface area (Å²) in [6, 6.07) is 10.9. The van der Waals surface area contributed by atoms with Crippen molar-refractivity contribution in [3.63, 3.8) is 0 Å². The highest BCUT2D eigenvalue weighted by atomic mass is 16.5. The van der Waals surface area contributed by atoms with E-state index in [-0.39, 0.29) is 23.7 Å². The third-order valence-electron chi connectivity index (χ3n) is 4.54. The second kappa shape index (κ2) is 9.13. The Morgan fingerprint density at radius 1 is 1.27 bits per heavy atom. The number of para-hydroxylation sites is 1. The van der Waals surface area contributed by atoms with E-state index in [1.165, 1.54) is 11.8 Å². The van der Waals surface area contributed by atoms with Crippen molar-refractivity contribution in [1.82, 2.24) is 9.78 Å². The van der Waals surface area contributed by atoms with Gasteiger partial charge in [0, 0.05) is 7.05 Å². The van der Waals surface area contributed by atoms with Crippen LogP contribution < -0.4 is 10.1 Å². The molecule has 0 aliphatic carbocycles. The lowest BCUT2D eigenvalue weighted by Gasteiger charge is -2.09. The molecule has 156 valence electrons. The van der Waals surface area contributed by atoms with E-state index in [1.54, 1.807) is 32.2 Å². The lowest BCUT2D eigenvalue weighted by atomic mass is 10.1. The average Bonchev–Trinajstić information content (AvgIpc) is 3.33. The maximum Gasteiger partial charge on any atom is 0.360 e. The van der Waals surface area contributed by atoms with Gasteiger partial charge in [0.05, 0.1) is 18.5 Å². The van der Waals surface area contributed by atoms with Crippen molar-refractivity contribution in [2.24, 2.45) is 7.05 Å². The largest absolute Gasteiger partial charge is 0.485 e. The lowest BCUT2D eigenvalue weighted by Crippen LogP contribution is -2.15. The molecule has 0 aliphatic heterocycles. The first-order chi connectivity index (χ1) is 14.4. The molecular weight excluding hydrogens is 386 g/mol. The fourth-order valence-corrected chi connectivity index (χ4v) is 2.87. The summed E-state index contributed by atoms with van der Waals surface area (Å²) in [4.78, 5) is 24.5. The van der Waals surface area contributed by atoms with Crippen LogP contribution in [-0.4, -0.2) is 28.8 Å². The van der Waals surface area contributed by atoms with Gasteiger partial charge in [-0.3, -0.25) is 9.48 Å². The number of nitrogens with zero attached hydrogens (tertiary/aromatic N) is 2. The Hall–Kier alpha value is -3.81. The molecule has 2 aromatic heterocycles. The highest BCUT2D eigenvalue weighted by molar-refractivity contribution is 6.06. The number of carbonyl (C=O) groups excluding carboxylic acids is 2. The van der Waals surface area contributed by atoms with Crippen molar-refractivity contribution in [3.05, 3.63) is 77.5 Å². The molecule has 3 aromatic rings. The topological polar surface area (TPSA) is 95.6 Å². The number of furan rings is 1. The smallest absolute Gasteiger partial charge is 0.360 e. The summed E-state index contributed by atoms with van der Waals surface area (Å²) in [5, 5.41) is 6.76. The van der Waals surface area contributed by atoms with E-state index >= 15 is 0 Å². The highest BCUT2D eigenvalue weighted by Crippen LogP contribution is 2.23. The summed E-state index contributed by atoms with van der Waals surface area (Å²) in [5.74, 6) is 0.167. The van der Waals surface area contributed by atoms with E-state index in [0.29, 0.717) is 17.9 Å². The summed E-state index contributed by atoms with van der Waals surface area (Å²) < 4.78 is 17.7. The summed E-state index contributed by atoms with van der Waals surface area (Å²) >= 11 is 0. The van der Waals surface area contributed by atoms with Crippen LogP contribution in [0.25, 0.3) is 0 Å². The van der Waals surface area contributed by atoms with Gasteiger partial charge in [-0.1, -0.05) is 24.3 Å². The van der Waals surface area contributed by atoms with Gasteiger partial charge < -0.3 is 19.2 Å². The Balaban J connectivity index is 1.71. The summed E-state index contributed by atoms with van der Waals surface area (Å²) in [6.45, 7) is 5.65. The minimum atomic E-state index is -0.638. The van der Waals surface area contributed by atoms with Crippen LogP contribution in [0, 0.1) is 6.92 Å². The molecule has 0 saturated heterocycles. The second-order valence-electron chi connectivity index (χ2n) is 6.53. The van der Waals surface area contributed by atoms with Gasteiger partial charge in [0.2, 0.25) is 0 Å². The Bertz CT molecular complexity index is 1080. The number of aryl methyl sites for hydroxylation is 1. The number of hydrogen-bond acceptors (Lipinski definition) is 6. The van der Waals surface area contributed by atoms with Crippen LogP contribution in [0.1, 0.15) is 38.1 Å². The molecule has 0 atom stereocenters. The molecular formula is C22H23N3O5. The normalized spacial score (nSPS) is 10.5. The quantitative estimate of drug-likeness (QED) is 0.451. The predicted molar refractivity (Wildman–Crippen MR) is 111 cm³/mol. The zero-order valence-corrected chi connectivity index (χ0v) is 17.1. The minimum absolute atomic E-state index is 0.0276. The van der Waals surface area contributed by atoms with Crippen molar-refractivity contribution in [2.45, 2.75) is 20.0 Å². The van der Waals surface area contributed by atoms with E-state index < -0.39 is 11.9 Å². The average molecular weight is 409 g/mol. The summed E-state index contributed by atoms with van der Waals surface area (Å²) in [5.41, 5.74) is 1.93. The van der Waals surface area contributed by atoms with Crippen molar-refractivity contribution in [1.29, 1.82) is 0 Å². The van der Waals surface area contributed by atoms with Crippen LogP contribution in [0.5, 0.6) is 5.75 Å². The van der Waals surface area contributed by atoms with Crippen LogP contribution in [0.15, 0.2) is 53.5 Å². The van der Waals surface area contributed by atoms with Gasteiger partial charge in [0.15, 0.2) is 11.5 Å². The van der Waals surface area contributed by atoms with Gasteiger partial charge in [-0.15, -0.1) is 6.58 Å². The number of benzene rings is 1. The first kappa shape index (κ1) is 20.9. The number of aromatic nitrogens is 2. The summed E-state index contributed by atoms with van der Waals surface area (Å²) in [6.07, 6.45) is 2.50. The fraction of sp³-hybridized carbons (Fsp3) is 0.227. The maximum atomic E-state index is 12.6. The van der Waals surface area contributed by atoms with E-state index in [0.717, 1.165) is 11.3 Å². The van der Waals surface area contributed by atoms with Gasteiger partial charge in [0.1, 0.15) is 18.1 Å². The van der Waals surface area contributed by atoms with Crippen molar-refractivity contribution >= 4 is 17.6 Å². The Kier molecular flexibility index (Phi) is 6.36. The van der Waals surface area contributed by atoms with Gasteiger partial charge in [-0.05, 0) is 37.1 Å². The van der Waals surface area contributed by atoms with E-state index in [2.05, 4.69) is 17.0 Å². The number of methoxy groups -OCH3 is 1. The Morgan fingerprint density at radius 2 is 2.03 bits per heavy atom. The van der Waals surface area contributed by atoms with E-state index in [9.17, 15) is 9.59 Å². The number of ether oxygens (including phenoxy) is 2. The molecule has 2 heterocycles. The first-order valence-corrected chi connectivity index (χ1v) is 9.28. The number of allylic oxidation sites excluding steroid dienone is 1. The second-order valence-corrected chi connectivity index (χ2v) is 6.53. The number of amides is 1. The molecule has 0 aliphatic rings. The number of nitrogens with one attached hydrogen (secondary N) is 1. The molecule has 0 bridgehead atoms. The number of hydrogen-bond donors (Lipinski definition) is 1. The monoisotopic (exact) mass is 409 g/mol. The number of carbonyl (C=O) groups is 2. The molecule has 0 radical (unpaired) electrons. The van der Waals surface area contributed by atoms with Gasteiger partial charge in [-0.2, -0.15) is 5.10 Å². The number of anilines is 1. The predicted octanol–water partition coefficient (Wildman–Crippen LogP) is 3.67. The first-order valence-electron chi connectivity index (χ1n) is 9.28. The molecule has 3 rings (SSSR count). The van der Waals surface area contributed by atoms with Crippen LogP contribution in [0.2, 0.25) is 0 Å². The molecule has 1 amide bonds. The third-order valence-corrected chi connectivity index (χ3v) is 4.54. The highest BCUT2D eigenvalue weighted by Gasteiger charge is 2.23. The zero-order valence-electron chi connectivity index (χ0n) is 17.1. The Morgan fingerprint density at radius 3 is 2.77 bits per heavy atom. The van der Waals surface area contributed by atoms with Crippen LogP contribution in [0.3, 0.4) is 0 Å². The molecule has 30 heavy (non-hydrogen) atoms. The van der Waals surface area contributed by atoms with Gasteiger partial charge in [0.25, 0.3) is 5.91 Å². The van der Waals surface area contributed by atoms with Crippen LogP contribution in [0.4, 0.5) is 5.69 Å². The van der Waals surface area contributed by atoms with Crippen molar-refractivity contribution < 1.29 is 23.5 Å². The lowest BCUT2D eigenvalue weighted by molar-refractivity contribution is 0.0594. The molecule has 0 spiro atoms. The SMILES string of the molecule is C=CCc1ccccc1OCc1ccc(C(=O)Nc2c(C(=O)OC)nn(C)c2C)o1. The molecule has 1 N–H and O–H groups in total. The molecule has 8 nitrogen and oxygen atoms in total. The zero-order chi connectivity index (χ0) is 21.7. The molecule has 0 fully saturated rings. The van der Waals surface area contributed by atoms with Gasteiger partial charge >= 0.3 is 5.97 Å². The van der Waals surface area contributed by atoms with E-state index in [1.807, 2.05) is 24.3 Å². The Labute approximate surface area is 174 Å². The van der Waals surface area contributed by atoms with Crippen molar-refractivity contribution in [3.8, 4) is 5.75 Å². The van der Waals surface area contributed by atoms with Crippen LogP contribution in [-0.2, 0) is 24.8 Å².